The number of nitrogens with zero attached hydrogens (tertiary/aromatic N) is 4. The van der Waals surface area contributed by atoms with Gasteiger partial charge in [0.1, 0.15) is 11.6 Å². The van der Waals surface area contributed by atoms with E-state index in [0.29, 0.717) is 0 Å². The second-order valence-electron chi connectivity index (χ2n) is 4.34. The number of aromatic nitrogens is 4. The van der Waals surface area contributed by atoms with Gasteiger partial charge in [-0.15, -0.1) is 0 Å². The molecule has 2 heterocycles. The highest BCUT2D eigenvalue weighted by Crippen LogP contribution is 2.20. The fourth-order valence-corrected chi connectivity index (χ4v) is 2.26. The summed E-state index contributed by atoms with van der Waals surface area (Å²) in [5.41, 5.74) is 1.10. The molecule has 5 heteroatoms. The van der Waals surface area contributed by atoms with Gasteiger partial charge in [0.2, 0.25) is 0 Å². The number of halogens is 1. The van der Waals surface area contributed by atoms with Gasteiger partial charge in [0.25, 0.3) is 0 Å². The molecule has 4 nitrogen and oxygen atoms in total. The Morgan fingerprint density at radius 2 is 1.79 bits per heavy atom. The largest absolute Gasteiger partial charge is 0.337 e. The van der Waals surface area contributed by atoms with E-state index in [9.17, 15) is 0 Å². The minimum absolute atomic E-state index is 0.717. The van der Waals surface area contributed by atoms with E-state index in [2.05, 4.69) is 42.6 Å². The molecule has 0 unspecified atom stereocenters. The second-order valence-corrected chi connectivity index (χ2v) is 5.26. The Hall–Kier alpha value is -1.88. The zero-order valence-corrected chi connectivity index (χ0v) is 12.1. The van der Waals surface area contributed by atoms with Gasteiger partial charge in [-0.05, 0) is 12.1 Å². The highest BCUT2D eigenvalue weighted by molar-refractivity contribution is 9.10. The third-order valence-electron chi connectivity index (χ3n) is 3.05. The summed E-state index contributed by atoms with van der Waals surface area (Å²) >= 11 is 3.44. The lowest BCUT2D eigenvalue weighted by Gasteiger charge is -2.08. The SMILES string of the molecule is Cn1ccnc1Cn1ccnc1-c1ccc(Br)cc1. The van der Waals surface area contributed by atoms with Crippen LogP contribution < -0.4 is 0 Å². The van der Waals surface area contributed by atoms with Crippen molar-refractivity contribution in [1.29, 1.82) is 0 Å². The van der Waals surface area contributed by atoms with Crippen LogP contribution in [-0.2, 0) is 13.6 Å². The van der Waals surface area contributed by atoms with Crippen LogP contribution in [0.15, 0.2) is 53.5 Å². The number of benzene rings is 1. The Balaban J connectivity index is 1.94. The van der Waals surface area contributed by atoms with E-state index in [1.807, 2.05) is 48.5 Å². The third-order valence-corrected chi connectivity index (χ3v) is 3.58. The van der Waals surface area contributed by atoms with Crippen LogP contribution in [0, 0.1) is 0 Å². The normalized spacial score (nSPS) is 10.8. The lowest BCUT2D eigenvalue weighted by atomic mass is 10.2. The van der Waals surface area contributed by atoms with Crippen molar-refractivity contribution < 1.29 is 0 Å². The van der Waals surface area contributed by atoms with Crippen molar-refractivity contribution in [3.63, 3.8) is 0 Å². The van der Waals surface area contributed by atoms with E-state index in [-0.39, 0.29) is 0 Å². The first kappa shape index (κ1) is 12.2. The van der Waals surface area contributed by atoms with Crippen LogP contribution >= 0.6 is 15.9 Å². The van der Waals surface area contributed by atoms with Crippen LogP contribution in [0.1, 0.15) is 5.82 Å². The molecule has 0 aliphatic carbocycles. The lowest BCUT2D eigenvalue weighted by molar-refractivity contribution is 0.704. The monoisotopic (exact) mass is 316 g/mol. The number of rotatable bonds is 3. The molecule has 3 aromatic rings. The molecule has 0 radical (unpaired) electrons. The molecule has 3 rings (SSSR count). The highest BCUT2D eigenvalue weighted by atomic mass is 79.9. The fourth-order valence-electron chi connectivity index (χ4n) is 2.00. The summed E-state index contributed by atoms with van der Waals surface area (Å²) in [5, 5.41) is 0. The average molecular weight is 317 g/mol. The molecule has 19 heavy (non-hydrogen) atoms. The van der Waals surface area contributed by atoms with E-state index in [1.54, 1.807) is 0 Å². The highest BCUT2D eigenvalue weighted by Gasteiger charge is 2.08. The van der Waals surface area contributed by atoms with Gasteiger partial charge in [-0.1, -0.05) is 28.1 Å². The van der Waals surface area contributed by atoms with Crippen molar-refractivity contribution in [2.75, 3.05) is 0 Å². The Kier molecular flexibility index (Phi) is 3.21. The van der Waals surface area contributed by atoms with Gasteiger partial charge in [0.15, 0.2) is 0 Å². The molecule has 0 spiro atoms. The summed E-state index contributed by atoms with van der Waals surface area (Å²) in [6.07, 6.45) is 7.56. The van der Waals surface area contributed by atoms with Gasteiger partial charge in [0.05, 0.1) is 6.54 Å². The minimum Gasteiger partial charge on any atom is -0.337 e. The predicted octanol–water partition coefficient (Wildman–Crippen LogP) is 3.09. The standard InChI is InChI=1S/C14H13BrN4/c1-18-8-6-16-13(18)10-19-9-7-17-14(19)11-2-4-12(15)5-3-11/h2-9H,10H2,1H3. The first-order valence-electron chi connectivity index (χ1n) is 5.97. The number of hydrogen-bond acceptors (Lipinski definition) is 2. The Morgan fingerprint density at radius 1 is 1.05 bits per heavy atom. The van der Waals surface area contributed by atoms with Gasteiger partial charge in [-0.25, -0.2) is 9.97 Å². The van der Waals surface area contributed by atoms with Crippen LogP contribution in [0.2, 0.25) is 0 Å². The molecule has 0 fully saturated rings. The Morgan fingerprint density at radius 3 is 2.47 bits per heavy atom. The van der Waals surface area contributed by atoms with Crippen LogP contribution in [0.5, 0.6) is 0 Å². The van der Waals surface area contributed by atoms with Crippen molar-refractivity contribution in [2.24, 2.45) is 7.05 Å². The maximum Gasteiger partial charge on any atom is 0.140 e. The summed E-state index contributed by atoms with van der Waals surface area (Å²) in [6, 6.07) is 8.16. The second kappa shape index (κ2) is 5.01. The summed E-state index contributed by atoms with van der Waals surface area (Å²) in [5.74, 6) is 1.96. The van der Waals surface area contributed by atoms with Crippen LogP contribution in [-0.4, -0.2) is 19.1 Å². The average Bonchev–Trinajstić information content (AvgIpc) is 3.01. The molecule has 0 saturated heterocycles. The molecule has 0 aliphatic rings. The summed E-state index contributed by atoms with van der Waals surface area (Å²) in [4.78, 5) is 8.78. The summed E-state index contributed by atoms with van der Waals surface area (Å²) in [7, 11) is 2.00. The first-order chi connectivity index (χ1) is 9.24. The first-order valence-corrected chi connectivity index (χ1v) is 6.76. The van der Waals surface area contributed by atoms with Crippen LogP contribution in [0.4, 0.5) is 0 Å². The molecule has 0 bridgehead atoms. The fraction of sp³-hybridized carbons (Fsp3) is 0.143. The van der Waals surface area contributed by atoms with Crippen LogP contribution in [0.25, 0.3) is 11.4 Å². The molecule has 96 valence electrons. The molecule has 0 amide bonds. The van der Waals surface area contributed by atoms with Crippen LogP contribution in [0.3, 0.4) is 0 Å². The van der Waals surface area contributed by atoms with Gasteiger partial charge < -0.3 is 9.13 Å². The molecule has 0 aliphatic heterocycles. The van der Waals surface area contributed by atoms with E-state index in [1.165, 1.54) is 0 Å². The summed E-state index contributed by atoms with van der Waals surface area (Å²) < 4.78 is 5.19. The van der Waals surface area contributed by atoms with Gasteiger partial charge >= 0.3 is 0 Å². The smallest absolute Gasteiger partial charge is 0.140 e. The van der Waals surface area contributed by atoms with E-state index in [4.69, 9.17) is 0 Å². The summed E-state index contributed by atoms with van der Waals surface area (Å²) in [6.45, 7) is 0.717. The molecular weight excluding hydrogens is 304 g/mol. The van der Waals surface area contributed by atoms with Crippen molar-refractivity contribution in [3.8, 4) is 11.4 Å². The Labute approximate surface area is 119 Å². The van der Waals surface area contributed by atoms with Gasteiger partial charge in [-0.3, -0.25) is 0 Å². The van der Waals surface area contributed by atoms with E-state index >= 15 is 0 Å². The topological polar surface area (TPSA) is 35.6 Å². The maximum absolute atomic E-state index is 4.44. The molecule has 0 N–H and O–H groups in total. The number of hydrogen-bond donors (Lipinski definition) is 0. The van der Waals surface area contributed by atoms with Gasteiger partial charge in [0, 0.05) is 41.9 Å². The molecular formula is C14H13BrN4. The number of aryl methyl sites for hydroxylation is 1. The Bertz CT molecular complexity index is 682. The third kappa shape index (κ3) is 2.46. The number of imidazole rings is 2. The predicted molar refractivity (Wildman–Crippen MR) is 77.7 cm³/mol. The quantitative estimate of drug-likeness (QED) is 0.744. The van der Waals surface area contributed by atoms with Crippen molar-refractivity contribution >= 4 is 15.9 Å². The zero-order valence-electron chi connectivity index (χ0n) is 10.5. The van der Waals surface area contributed by atoms with E-state index in [0.717, 1.165) is 28.2 Å². The van der Waals surface area contributed by atoms with Crippen molar-refractivity contribution in [3.05, 3.63) is 59.3 Å². The zero-order chi connectivity index (χ0) is 13.2. The lowest BCUT2D eigenvalue weighted by Crippen LogP contribution is -2.06. The van der Waals surface area contributed by atoms with Gasteiger partial charge in [-0.2, -0.15) is 0 Å². The van der Waals surface area contributed by atoms with E-state index < -0.39 is 0 Å². The van der Waals surface area contributed by atoms with Crippen molar-refractivity contribution in [1.82, 2.24) is 19.1 Å². The molecule has 1 aromatic carbocycles. The maximum atomic E-state index is 4.44. The molecule has 0 saturated carbocycles. The van der Waals surface area contributed by atoms with Crippen molar-refractivity contribution in [2.45, 2.75) is 6.54 Å². The molecule has 2 aromatic heterocycles. The minimum atomic E-state index is 0.717. The molecule has 0 atom stereocenters.